The SMILES string of the molecule is O=COc1c2n(ccc1=O)NC1COCCN1C2=O. The number of hydrogen-bond acceptors (Lipinski definition) is 6. The van der Waals surface area contributed by atoms with Crippen LogP contribution in [0.5, 0.6) is 5.75 Å². The van der Waals surface area contributed by atoms with Gasteiger partial charge in [-0.25, -0.2) is 0 Å². The van der Waals surface area contributed by atoms with Crippen LogP contribution in [-0.4, -0.2) is 47.9 Å². The van der Waals surface area contributed by atoms with E-state index in [1.807, 2.05) is 0 Å². The fraction of sp³-hybridized carbons (Fsp3) is 0.364. The van der Waals surface area contributed by atoms with Gasteiger partial charge >= 0.3 is 0 Å². The van der Waals surface area contributed by atoms with E-state index >= 15 is 0 Å². The van der Waals surface area contributed by atoms with Crippen molar-refractivity contribution in [3.05, 3.63) is 28.2 Å². The van der Waals surface area contributed by atoms with Crippen LogP contribution in [0.25, 0.3) is 0 Å². The van der Waals surface area contributed by atoms with Gasteiger partial charge in [0.05, 0.1) is 13.2 Å². The Morgan fingerprint density at radius 3 is 3.11 bits per heavy atom. The van der Waals surface area contributed by atoms with Crippen LogP contribution in [0.4, 0.5) is 0 Å². The third-order valence-electron chi connectivity index (χ3n) is 3.10. The maximum Gasteiger partial charge on any atom is 0.298 e. The minimum atomic E-state index is -0.514. The van der Waals surface area contributed by atoms with E-state index in [9.17, 15) is 14.4 Å². The summed E-state index contributed by atoms with van der Waals surface area (Å²) in [6.45, 7) is 1.35. The molecule has 1 fully saturated rings. The van der Waals surface area contributed by atoms with Gasteiger partial charge < -0.3 is 19.8 Å². The number of morpholine rings is 1. The number of nitrogens with one attached hydrogen (secondary N) is 1. The third-order valence-corrected chi connectivity index (χ3v) is 3.10. The highest BCUT2D eigenvalue weighted by Crippen LogP contribution is 2.21. The molecule has 1 amide bonds. The Morgan fingerprint density at radius 1 is 1.47 bits per heavy atom. The van der Waals surface area contributed by atoms with Crippen molar-refractivity contribution >= 4 is 12.4 Å². The number of carbonyl (C=O) groups is 2. The van der Waals surface area contributed by atoms with E-state index in [4.69, 9.17) is 4.74 Å². The monoisotopic (exact) mass is 265 g/mol. The lowest BCUT2D eigenvalue weighted by Crippen LogP contribution is -2.59. The highest BCUT2D eigenvalue weighted by Gasteiger charge is 2.36. The standard InChI is InChI=1S/C11H11N3O5/c15-6-19-10-7(16)1-2-14-9(10)11(17)13-3-4-18-5-8(13)12-14/h1-2,6,8,12H,3-5H2. The molecule has 1 aromatic heterocycles. The van der Waals surface area contributed by atoms with Crippen molar-refractivity contribution in [2.75, 3.05) is 25.2 Å². The molecule has 100 valence electrons. The molecule has 1 aromatic rings. The summed E-state index contributed by atoms with van der Waals surface area (Å²) in [5, 5.41) is 0. The van der Waals surface area contributed by atoms with Crippen molar-refractivity contribution in [2.24, 2.45) is 0 Å². The maximum atomic E-state index is 12.4. The first-order chi connectivity index (χ1) is 9.22. The molecule has 1 N–H and O–H groups in total. The number of hydrogen-bond donors (Lipinski definition) is 1. The topological polar surface area (TPSA) is 89.9 Å². The second kappa shape index (κ2) is 4.39. The Hall–Kier alpha value is -2.35. The van der Waals surface area contributed by atoms with Gasteiger partial charge in [-0.2, -0.15) is 0 Å². The lowest BCUT2D eigenvalue weighted by Gasteiger charge is -2.41. The molecule has 19 heavy (non-hydrogen) atoms. The van der Waals surface area contributed by atoms with Crippen LogP contribution >= 0.6 is 0 Å². The summed E-state index contributed by atoms with van der Waals surface area (Å²) in [5.74, 6) is -0.624. The molecule has 0 aromatic carbocycles. The average Bonchev–Trinajstić information content (AvgIpc) is 2.42. The Bertz CT molecular complexity index is 596. The molecule has 8 heteroatoms. The summed E-state index contributed by atoms with van der Waals surface area (Å²) in [7, 11) is 0. The summed E-state index contributed by atoms with van der Waals surface area (Å²) in [5.41, 5.74) is 2.53. The fourth-order valence-corrected chi connectivity index (χ4v) is 2.24. The van der Waals surface area contributed by atoms with E-state index in [0.717, 1.165) is 0 Å². The average molecular weight is 265 g/mol. The van der Waals surface area contributed by atoms with E-state index in [-0.39, 0.29) is 30.0 Å². The Kier molecular flexibility index (Phi) is 2.71. The molecule has 0 bridgehead atoms. The first-order valence-electron chi connectivity index (χ1n) is 5.73. The summed E-state index contributed by atoms with van der Waals surface area (Å²) < 4.78 is 11.3. The molecule has 3 rings (SSSR count). The quantitative estimate of drug-likeness (QED) is 0.671. The Labute approximate surface area is 107 Å². The number of pyridine rings is 1. The van der Waals surface area contributed by atoms with E-state index in [1.54, 1.807) is 4.90 Å². The lowest BCUT2D eigenvalue weighted by molar-refractivity contribution is -0.120. The lowest BCUT2D eigenvalue weighted by atomic mass is 10.2. The number of nitrogens with zero attached hydrogens (tertiary/aromatic N) is 2. The van der Waals surface area contributed by atoms with Gasteiger partial charge in [0.1, 0.15) is 6.17 Å². The Morgan fingerprint density at radius 2 is 2.32 bits per heavy atom. The molecule has 3 heterocycles. The van der Waals surface area contributed by atoms with Crippen molar-refractivity contribution < 1.29 is 19.1 Å². The van der Waals surface area contributed by atoms with Crippen LogP contribution in [-0.2, 0) is 9.53 Å². The van der Waals surface area contributed by atoms with Crippen LogP contribution in [0, 0.1) is 0 Å². The first kappa shape index (κ1) is 11.7. The molecule has 0 radical (unpaired) electrons. The van der Waals surface area contributed by atoms with Gasteiger partial charge in [-0.05, 0) is 0 Å². The van der Waals surface area contributed by atoms with Crippen LogP contribution in [0.2, 0.25) is 0 Å². The van der Waals surface area contributed by atoms with Crippen molar-refractivity contribution in [3.8, 4) is 5.75 Å². The van der Waals surface area contributed by atoms with E-state index < -0.39 is 5.43 Å². The molecule has 8 nitrogen and oxygen atoms in total. The summed E-state index contributed by atoms with van der Waals surface area (Å²) in [4.78, 5) is 36.1. The molecule has 0 spiro atoms. The second-order valence-corrected chi connectivity index (χ2v) is 4.16. The summed E-state index contributed by atoms with van der Waals surface area (Å²) >= 11 is 0. The number of rotatable bonds is 2. The molecule has 1 atom stereocenters. The van der Waals surface area contributed by atoms with Gasteiger partial charge in [-0.15, -0.1) is 0 Å². The molecule has 0 aliphatic carbocycles. The number of amides is 1. The van der Waals surface area contributed by atoms with Crippen LogP contribution < -0.4 is 15.6 Å². The molecule has 2 aliphatic heterocycles. The Balaban J connectivity index is 2.12. The minimum absolute atomic E-state index is 0.0257. The molecule has 2 aliphatic rings. The fourth-order valence-electron chi connectivity index (χ4n) is 2.24. The van der Waals surface area contributed by atoms with Crippen molar-refractivity contribution in [3.63, 3.8) is 0 Å². The van der Waals surface area contributed by atoms with Gasteiger partial charge in [-0.3, -0.25) is 19.1 Å². The molecule has 0 saturated carbocycles. The first-order valence-corrected chi connectivity index (χ1v) is 5.73. The number of aromatic nitrogens is 1. The van der Waals surface area contributed by atoms with Gasteiger partial charge in [0, 0.05) is 18.8 Å². The molecule has 1 saturated heterocycles. The van der Waals surface area contributed by atoms with E-state index in [2.05, 4.69) is 10.2 Å². The van der Waals surface area contributed by atoms with Crippen molar-refractivity contribution in [2.45, 2.75) is 6.17 Å². The predicted molar refractivity (Wildman–Crippen MR) is 62.4 cm³/mol. The van der Waals surface area contributed by atoms with E-state index in [1.165, 1.54) is 16.9 Å². The molecular formula is C11H11N3O5. The number of carbonyl (C=O) groups excluding carboxylic acids is 2. The van der Waals surface area contributed by atoms with Crippen molar-refractivity contribution in [1.82, 2.24) is 9.58 Å². The zero-order valence-electron chi connectivity index (χ0n) is 9.87. The number of fused-ring (bicyclic) bond motifs is 2. The minimum Gasteiger partial charge on any atom is -0.422 e. The highest BCUT2D eigenvalue weighted by molar-refractivity contribution is 5.96. The second-order valence-electron chi connectivity index (χ2n) is 4.16. The van der Waals surface area contributed by atoms with E-state index in [0.29, 0.717) is 19.8 Å². The summed E-state index contributed by atoms with van der Waals surface area (Å²) in [6, 6.07) is 1.22. The predicted octanol–water partition coefficient (Wildman–Crippen LogP) is -1.26. The van der Waals surface area contributed by atoms with Crippen LogP contribution in [0.15, 0.2) is 17.1 Å². The van der Waals surface area contributed by atoms with Gasteiger partial charge in [0.25, 0.3) is 12.4 Å². The van der Waals surface area contributed by atoms with Gasteiger partial charge in [-0.1, -0.05) is 0 Å². The molecular weight excluding hydrogens is 254 g/mol. The van der Waals surface area contributed by atoms with Gasteiger partial charge in [0.15, 0.2) is 5.69 Å². The normalized spacial score (nSPS) is 21.2. The largest absolute Gasteiger partial charge is 0.422 e. The zero-order valence-corrected chi connectivity index (χ0v) is 9.87. The maximum absolute atomic E-state index is 12.4. The van der Waals surface area contributed by atoms with Gasteiger partial charge in [0.2, 0.25) is 11.2 Å². The smallest absolute Gasteiger partial charge is 0.298 e. The van der Waals surface area contributed by atoms with Crippen LogP contribution in [0.3, 0.4) is 0 Å². The van der Waals surface area contributed by atoms with Crippen LogP contribution in [0.1, 0.15) is 10.5 Å². The highest BCUT2D eigenvalue weighted by atomic mass is 16.5. The molecule has 1 unspecified atom stereocenters. The van der Waals surface area contributed by atoms with Crippen molar-refractivity contribution in [1.29, 1.82) is 0 Å². The zero-order chi connectivity index (χ0) is 13.4. The summed E-state index contributed by atoms with van der Waals surface area (Å²) in [6.07, 6.45) is 1.14. The third kappa shape index (κ3) is 1.76. The number of ether oxygens (including phenoxy) is 2.